The molecule has 0 aliphatic carbocycles. The molecule has 0 fully saturated rings. The summed E-state index contributed by atoms with van der Waals surface area (Å²) in [5.41, 5.74) is -0.0774. The number of amides is 1. The lowest BCUT2D eigenvalue weighted by Gasteiger charge is -2.15. The van der Waals surface area contributed by atoms with Crippen LogP contribution in [0.4, 0.5) is 24.5 Å². The number of hydrogen-bond acceptors (Lipinski definition) is 4. The van der Waals surface area contributed by atoms with Crippen LogP contribution >= 0.6 is 0 Å². The summed E-state index contributed by atoms with van der Waals surface area (Å²) in [7, 11) is -2.55. The van der Waals surface area contributed by atoms with Crippen molar-refractivity contribution in [2.75, 3.05) is 10.0 Å². The number of benzene rings is 2. The van der Waals surface area contributed by atoms with Crippen molar-refractivity contribution in [3.05, 3.63) is 71.5 Å². The van der Waals surface area contributed by atoms with Crippen LogP contribution in [0.1, 0.15) is 28.5 Å². The molecule has 11 heteroatoms. The Morgan fingerprint density at radius 3 is 2.45 bits per heavy atom. The third-order valence-electron chi connectivity index (χ3n) is 4.48. The van der Waals surface area contributed by atoms with Gasteiger partial charge in [0.1, 0.15) is 5.69 Å². The summed E-state index contributed by atoms with van der Waals surface area (Å²) in [5, 5.41) is 6.59. The van der Waals surface area contributed by atoms with Crippen molar-refractivity contribution in [1.82, 2.24) is 9.78 Å². The van der Waals surface area contributed by atoms with E-state index in [1.165, 1.54) is 41.2 Å². The molecule has 164 valence electrons. The van der Waals surface area contributed by atoms with Crippen molar-refractivity contribution in [3.8, 4) is 0 Å². The number of hydrogen-bond donors (Lipinski definition) is 2. The molecule has 0 spiro atoms. The second-order valence-corrected chi connectivity index (χ2v) is 8.31. The molecule has 1 amide bonds. The van der Waals surface area contributed by atoms with Gasteiger partial charge in [0.15, 0.2) is 0 Å². The van der Waals surface area contributed by atoms with Crippen molar-refractivity contribution < 1.29 is 26.4 Å². The first-order valence-electron chi connectivity index (χ1n) is 9.13. The van der Waals surface area contributed by atoms with E-state index in [-0.39, 0.29) is 10.6 Å². The highest BCUT2D eigenvalue weighted by Gasteiger charge is 2.31. The molecule has 0 aliphatic heterocycles. The minimum Gasteiger partial charge on any atom is -0.321 e. The minimum atomic E-state index is -4.59. The average Bonchev–Trinajstić information content (AvgIpc) is 3.13. The van der Waals surface area contributed by atoms with E-state index in [1.54, 1.807) is 14.0 Å². The van der Waals surface area contributed by atoms with Crippen LogP contribution in [-0.4, -0.2) is 24.1 Å². The van der Waals surface area contributed by atoms with Gasteiger partial charge in [0, 0.05) is 24.6 Å². The molecule has 0 radical (unpaired) electrons. The van der Waals surface area contributed by atoms with Crippen molar-refractivity contribution in [2.24, 2.45) is 7.05 Å². The smallest absolute Gasteiger partial charge is 0.321 e. The summed E-state index contributed by atoms with van der Waals surface area (Å²) >= 11 is 0. The molecule has 7 nitrogen and oxygen atoms in total. The molecule has 0 saturated heterocycles. The summed E-state index contributed by atoms with van der Waals surface area (Å²) in [4.78, 5) is 12.2. The zero-order chi connectivity index (χ0) is 22.8. The molecule has 1 heterocycles. The lowest BCUT2D eigenvalue weighted by molar-refractivity contribution is -0.137. The Morgan fingerprint density at radius 1 is 1.10 bits per heavy atom. The molecule has 2 N–H and O–H groups in total. The fourth-order valence-corrected chi connectivity index (χ4v) is 4.30. The molecule has 2 aromatic carbocycles. The third-order valence-corrected chi connectivity index (χ3v) is 5.97. The van der Waals surface area contributed by atoms with Gasteiger partial charge in [-0.15, -0.1) is 0 Å². The Balaban J connectivity index is 1.86. The van der Waals surface area contributed by atoms with Crippen LogP contribution < -0.4 is 10.0 Å². The normalized spacial score (nSPS) is 11.9. The molecule has 0 aliphatic rings. The maximum absolute atomic E-state index is 12.9. The van der Waals surface area contributed by atoms with Gasteiger partial charge in [-0.3, -0.25) is 14.2 Å². The predicted octanol–water partition coefficient (Wildman–Crippen LogP) is 4.05. The molecule has 31 heavy (non-hydrogen) atoms. The Kier molecular flexibility index (Phi) is 6.07. The van der Waals surface area contributed by atoms with Gasteiger partial charge in [0.25, 0.3) is 15.9 Å². The van der Waals surface area contributed by atoms with Crippen LogP contribution in [0.5, 0.6) is 0 Å². The topological polar surface area (TPSA) is 93.1 Å². The van der Waals surface area contributed by atoms with Gasteiger partial charge in [-0.2, -0.15) is 18.3 Å². The lowest BCUT2D eigenvalue weighted by atomic mass is 10.1. The fourth-order valence-electron chi connectivity index (χ4n) is 2.96. The number of halogens is 3. The number of aryl methyl sites for hydroxylation is 2. The highest BCUT2D eigenvalue weighted by Crippen LogP contribution is 2.31. The number of carbonyl (C=O) groups is 1. The van der Waals surface area contributed by atoms with E-state index >= 15 is 0 Å². The minimum absolute atomic E-state index is 0.0917. The lowest BCUT2D eigenvalue weighted by Crippen LogP contribution is -2.18. The molecule has 1 aromatic heterocycles. The Hall–Kier alpha value is -3.34. The second kappa shape index (κ2) is 8.42. The number of sulfonamides is 1. The first-order chi connectivity index (χ1) is 14.5. The Labute approximate surface area is 176 Å². The molecular formula is C20H19F3N4O3S. The number of rotatable bonds is 6. The fraction of sp³-hybridized carbons (Fsp3) is 0.200. The summed E-state index contributed by atoms with van der Waals surface area (Å²) in [5.74, 6) is -0.417. The quantitative estimate of drug-likeness (QED) is 0.590. The molecule has 0 unspecified atom stereocenters. The average molecular weight is 452 g/mol. The van der Waals surface area contributed by atoms with Crippen LogP contribution in [0.25, 0.3) is 0 Å². The van der Waals surface area contributed by atoms with E-state index in [4.69, 9.17) is 0 Å². The Morgan fingerprint density at radius 2 is 1.84 bits per heavy atom. The van der Waals surface area contributed by atoms with Gasteiger partial charge in [-0.25, -0.2) is 8.42 Å². The number of carbonyl (C=O) groups excluding carboxylic acids is 1. The molecule has 0 bridgehead atoms. The number of aromatic nitrogens is 2. The first-order valence-corrected chi connectivity index (χ1v) is 10.6. The summed E-state index contributed by atoms with van der Waals surface area (Å²) in [6.07, 6.45) is -2.81. The van der Waals surface area contributed by atoms with Gasteiger partial charge in [0.2, 0.25) is 0 Å². The van der Waals surface area contributed by atoms with Crippen LogP contribution in [0.15, 0.2) is 59.6 Å². The van der Waals surface area contributed by atoms with Crippen molar-refractivity contribution in [3.63, 3.8) is 0 Å². The second-order valence-electron chi connectivity index (χ2n) is 6.65. The molecule has 3 rings (SSSR count). The largest absolute Gasteiger partial charge is 0.416 e. The SMILES string of the molecule is CCc1cc(NC(=O)c2ccnn2C)ccc1S(=O)(=O)Nc1cccc(C(F)(F)F)c1. The van der Waals surface area contributed by atoms with Gasteiger partial charge >= 0.3 is 6.18 Å². The van der Waals surface area contributed by atoms with Crippen LogP contribution in [0, 0.1) is 0 Å². The van der Waals surface area contributed by atoms with Crippen LogP contribution in [0.2, 0.25) is 0 Å². The molecule has 0 saturated carbocycles. The van der Waals surface area contributed by atoms with E-state index in [1.807, 2.05) is 0 Å². The van der Waals surface area contributed by atoms with Crippen molar-refractivity contribution in [2.45, 2.75) is 24.4 Å². The van der Waals surface area contributed by atoms with Gasteiger partial charge < -0.3 is 5.32 Å². The Bertz CT molecular complexity index is 1220. The van der Waals surface area contributed by atoms with E-state index in [0.29, 0.717) is 23.4 Å². The molecule has 0 atom stereocenters. The van der Waals surface area contributed by atoms with Gasteiger partial charge in [-0.05, 0) is 54.4 Å². The highest BCUT2D eigenvalue weighted by molar-refractivity contribution is 7.92. The van der Waals surface area contributed by atoms with Crippen LogP contribution in [-0.2, 0) is 29.7 Å². The standard InChI is InChI=1S/C20H19F3N4O3S/c1-3-13-11-15(25-19(28)17-9-10-24-27(17)2)7-8-18(13)31(29,30)26-16-6-4-5-14(12-16)20(21,22)23/h4-12,26H,3H2,1-2H3,(H,25,28). The predicted molar refractivity (Wildman–Crippen MR) is 109 cm³/mol. The maximum Gasteiger partial charge on any atom is 0.416 e. The number of nitrogens with one attached hydrogen (secondary N) is 2. The van der Waals surface area contributed by atoms with E-state index in [2.05, 4.69) is 15.1 Å². The zero-order valence-corrected chi connectivity index (χ0v) is 17.4. The first kappa shape index (κ1) is 22.3. The zero-order valence-electron chi connectivity index (χ0n) is 16.6. The summed E-state index contributed by atoms with van der Waals surface area (Å²) < 4.78 is 67.9. The molecular weight excluding hydrogens is 433 g/mol. The van der Waals surface area contributed by atoms with Crippen LogP contribution in [0.3, 0.4) is 0 Å². The summed E-state index contributed by atoms with van der Waals surface area (Å²) in [6.45, 7) is 1.73. The van der Waals surface area contributed by atoms with E-state index in [0.717, 1.165) is 18.2 Å². The van der Waals surface area contributed by atoms with Gasteiger partial charge in [-0.1, -0.05) is 13.0 Å². The number of alkyl halides is 3. The number of nitrogens with zero attached hydrogens (tertiary/aromatic N) is 2. The number of anilines is 2. The third kappa shape index (κ3) is 5.05. The van der Waals surface area contributed by atoms with E-state index in [9.17, 15) is 26.4 Å². The van der Waals surface area contributed by atoms with Crippen molar-refractivity contribution in [1.29, 1.82) is 0 Å². The van der Waals surface area contributed by atoms with Gasteiger partial charge in [0.05, 0.1) is 10.5 Å². The van der Waals surface area contributed by atoms with E-state index < -0.39 is 27.7 Å². The molecule has 3 aromatic rings. The summed E-state index contributed by atoms with van der Waals surface area (Å²) in [6, 6.07) is 9.70. The maximum atomic E-state index is 12.9. The van der Waals surface area contributed by atoms with Crippen molar-refractivity contribution >= 4 is 27.3 Å². The highest BCUT2D eigenvalue weighted by atomic mass is 32.2. The monoisotopic (exact) mass is 452 g/mol.